The maximum absolute atomic E-state index is 13.0. The molecule has 2 fully saturated rings. The Morgan fingerprint density at radius 3 is 2.68 bits per heavy atom. The van der Waals surface area contributed by atoms with E-state index in [0.29, 0.717) is 25.1 Å². The van der Waals surface area contributed by atoms with Crippen LogP contribution in [0.2, 0.25) is 0 Å². The first-order chi connectivity index (χ1) is 16.4. The van der Waals surface area contributed by atoms with Gasteiger partial charge in [-0.05, 0) is 36.2 Å². The molecule has 0 radical (unpaired) electrons. The summed E-state index contributed by atoms with van der Waals surface area (Å²) in [6, 6.07) is 14.3. The molecular weight excluding hydrogens is 434 g/mol. The van der Waals surface area contributed by atoms with Gasteiger partial charge in [0.25, 0.3) is 11.8 Å². The summed E-state index contributed by atoms with van der Waals surface area (Å²) in [6.45, 7) is 5.31. The summed E-state index contributed by atoms with van der Waals surface area (Å²) in [4.78, 5) is 41.9. The lowest BCUT2D eigenvalue weighted by atomic mass is 9.86. The van der Waals surface area contributed by atoms with Crippen molar-refractivity contribution in [1.29, 1.82) is 0 Å². The van der Waals surface area contributed by atoms with Crippen LogP contribution >= 0.6 is 0 Å². The number of rotatable bonds is 5. The fourth-order valence-corrected chi connectivity index (χ4v) is 4.72. The largest absolute Gasteiger partial charge is 0.378 e. The van der Waals surface area contributed by atoms with E-state index in [4.69, 9.17) is 9.72 Å². The predicted octanol–water partition coefficient (Wildman–Crippen LogP) is 2.30. The van der Waals surface area contributed by atoms with Crippen molar-refractivity contribution in [2.24, 2.45) is 0 Å². The van der Waals surface area contributed by atoms with Crippen LogP contribution in [-0.4, -0.2) is 52.2 Å². The predicted molar refractivity (Wildman–Crippen MR) is 125 cm³/mol. The van der Waals surface area contributed by atoms with Crippen LogP contribution in [0.4, 0.5) is 4.79 Å². The van der Waals surface area contributed by atoms with Crippen LogP contribution in [0.5, 0.6) is 0 Å². The Kier molecular flexibility index (Phi) is 5.57. The number of urea groups is 1. The van der Waals surface area contributed by atoms with Gasteiger partial charge < -0.3 is 19.9 Å². The Balaban J connectivity index is 1.33. The summed E-state index contributed by atoms with van der Waals surface area (Å²) < 4.78 is 7.64. The molecule has 5 rings (SSSR count). The number of fused-ring (bicyclic) bond motifs is 1. The number of hydrogen-bond acceptors (Lipinski definition) is 5. The number of hydrogen-bond donors (Lipinski definition) is 3. The second-order valence-corrected chi connectivity index (χ2v) is 9.14. The number of carbonyl (C=O) groups is 3. The normalized spacial score (nSPS) is 22.3. The van der Waals surface area contributed by atoms with Gasteiger partial charge >= 0.3 is 6.03 Å². The van der Waals surface area contributed by atoms with Crippen molar-refractivity contribution < 1.29 is 19.1 Å². The Morgan fingerprint density at radius 2 is 1.97 bits per heavy atom. The molecule has 1 aromatic heterocycles. The molecule has 3 N–H and O–H groups in total. The van der Waals surface area contributed by atoms with Crippen molar-refractivity contribution in [3.63, 3.8) is 0 Å². The quantitative estimate of drug-likeness (QED) is 0.505. The highest BCUT2D eigenvalue weighted by molar-refractivity contribution is 6.08. The van der Waals surface area contributed by atoms with E-state index in [0.717, 1.165) is 22.4 Å². The maximum atomic E-state index is 13.0. The topological polar surface area (TPSA) is 114 Å². The lowest BCUT2D eigenvalue weighted by Crippen LogP contribution is -2.67. The molecule has 9 nitrogen and oxygen atoms in total. The first-order valence-electron chi connectivity index (χ1n) is 11.4. The van der Waals surface area contributed by atoms with Crippen LogP contribution in [0.3, 0.4) is 0 Å². The monoisotopic (exact) mass is 461 g/mol. The van der Waals surface area contributed by atoms with Gasteiger partial charge in [0, 0.05) is 24.6 Å². The summed E-state index contributed by atoms with van der Waals surface area (Å²) in [5.41, 5.74) is 2.30. The van der Waals surface area contributed by atoms with E-state index in [9.17, 15) is 14.4 Å². The van der Waals surface area contributed by atoms with Crippen LogP contribution < -0.4 is 16.0 Å². The van der Waals surface area contributed by atoms with Crippen molar-refractivity contribution in [1.82, 2.24) is 25.5 Å². The van der Waals surface area contributed by atoms with Crippen molar-refractivity contribution >= 4 is 28.9 Å². The number of para-hydroxylation sites is 2. The number of nitrogens with one attached hydrogen (secondary N) is 3. The second kappa shape index (κ2) is 8.57. The molecule has 9 heteroatoms. The van der Waals surface area contributed by atoms with Gasteiger partial charge in [-0.2, -0.15) is 0 Å². The zero-order chi connectivity index (χ0) is 23.9. The molecule has 0 saturated carbocycles. The van der Waals surface area contributed by atoms with E-state index in [1.165, 1.54) is 0 Å². The molecule has 3 aromatic rings. The van der Waals surface area contributed by atoms with Crippen molar-refractivity contribution in [3.05, 3.63) is 65.5 Å². The van der Waals surface area contributed by atoms with Gasteiger partial charge in [-0.1, -0.05) is 38.1 Å². The second-order valence-electron chi connectivity index (χ2n) is 9.14. The molecule has 0 aliphatic carbocycles. The van der Waals surface area contributed by atoms with Crippen LogP contribution in [0, 0.1) is 0 Å². The minimum atomic E-state index is -1.28. The van der Waals surface area contributed by atoms with Gasteiger partial charge in [-0.3, -0.25) is 14.9 Å². The molecule has 2 aromatic carbocycles. The van der Waals surface area contributed by atoms with Crippen LogP contribution in [0.15, 0.2) is 48.5 Å². The zero-order valence-electron chi connectivity index (χ0n) is 19.1. The Bertz CT molecular complexity index is 1270. The first-order valence-corrected chi connectivity index (χ1v) is 11.4. The summed E-state index contributed by atoms with van der Waals surface area (Å²) >= 11 is 0. The van der Waals surface area contributed by atoms with E-state index in [-0.39, 0.29) is 18.4 Å². The number of aromatic nitrogens is 2. The van der Waals surface area contributed by atoms with Crippen LogP contribution in [0.1, 0.15) is 47.9 Å². The summed E-state index contributed by atoms with van der Waals surface area (Å²) in [5, 5.41) is 7.81. The van der Waals surface area contributed by atoms with Gasteiger partial charge in [0.1, 0.15) is 5.82 Å². The third-order valence-electron chi connectivity index (χ3n) is 6.51. The van der Waals surface area contributed by atoms with Gasteiger partial charge in [0.2, 0.25) is 0 Å². The summed E-state index contributed by atoms with van der Waals surface area (Å²) in [7, 11) is 0. The number of carbonyl (C=O) groups excluding carboxylic acids is 3. The number of benzene rings is 2. The molecule has 2 saturated heterocycles. The van der Waals surface area contributed by atoms with Crippen LogP contribution in [-0.2, 0) is 16.1 Å². The van der Waals surface area contributed by atoms with E-state index in [1.54, 1.807) is 12.1 Å². The Labute approximate surface area is 196 Å². The van der Waals surface area contributed by atoms with E-state index >= 15 is 0 Å². The Hall–Kier alpha value is -3.72. The van der Waals surface area contributed by atoms with E-state index < -0.39 is 23.5 Å². The van der Waals surface area contributed by atoms with Gasteiger partial charge in [-0.25, -0.2) is 9.78 Å². The van der Waals surface area contributed by atoms with Gasteiger partial charge in [0.15, 0.2) is 5.54 Å². The third kappa shape index (κ3) is 3.81. The van der Waals surface area contributed by atoms with Crippen molar-refractivity contribution in [2.45, 2.75) is 44.3 Å². The highest BCUT2D eigenvalue weighted by Crippen LogP contribution is 2.25. The SMILES string of the molecule is CC(C)c1nc2ccccc2n1Cc1ccc(C(=O)N[C@@H]2CCOC[C@]23NC(=O)NC3=O)cc1. The molecular formula is C25H27N5O4. The first kappa shape index (κ1) is 22.1. The number of imidazole rings is 1. The number of imide groups is 1. The fraction of sp³-hybridized carbons (Fsp3) is 0.360. The number of amides is 4. The fourth-order valence-electron chi connectivity index (χ4n) is 4.72. The molecule has 3 heterocycles. The molecule has 2 aliphatic heterocycles. The average molecular weight is 462 g/mol. The minimum Gasteiger partial charge on any atom is -0.378 e. The highest BCUT2D eigenvalue weighted by Gasteiger charge is 2.54. The molecule has 34 heavy (non-hydrogen) atoms. The minimum absolute atomic E-state index is 0.0193. The van der Waals surface area contributed by atoms with Gasteiger partial charge in [-0.15, -0.1) is 0 Å². The lowest BCUT2D eigenvalue weighted by molar-refractivity contribution is -0.130. The molecule has 2 atom stereocenters. The van der Waals surface area contributed by atoms with Crippen LogP contribution in [0.25, 0.3) is 11.0 Å². The molecule has 0 bridgehead atoms. The summed E-state index contributed by atoms with van der Waals surface area (Å²) in [6.07, 6.45) is 0.420. The number of ether oxygens (including phenoxy) is 1. The van der Waals surface area contributed by atoms with Crippen molar-refractivity contribution in [2.75, 3.05) is 13.2 Å². The highest BCUT2D eigenvalue weighted by atomic mass is 16.5. The third-order valence-corrected chi connectivity index (χ3v) is 6.51. The number of nitrogens with zero attached hydrogens (tertiary/aromatic N) is 2. The molecule has 1 spiro atoms. The smallest absolute Gasteiger partial charge is 0.322 e. The van der Waals surface area contributed by atoms with Crippen molar-refractivity contribution in [3.8, 4) is 0 Å². The van der Waals surface area contributed by atoms with E-state index in [1.807, 2.05) is 30.3 Å². The standard InChI is InChI=1S/C25H27N5O4/c1-15(2)21-26-18-5-3-4-6-19(18)30(21)13-16-7-9-17(10-8-16)22(31)27-20-11-12-34-14-25(20)23(32)28-24(33)29-25/h3-10,15,20H,11-14H2,1-2H3,(H,27,31)(H2,28,29,32,33)/t20-,25+/m1/s1. The maximum Gasteiger partial charge on any atom is 0.322 e. The molecule has 0 unspecified atom stereocenters. The molecule has 176 valence electrons. The van der Waals surface area contributed by atoms with Gasteiger partial charge in [0.05, 0.1) is 23.7 Å². The average Bonchev–Trinajstić information content (AvgIpc) is 3.33. The molecule has 4 amide bonds. The lowest BCUT2D eigenvalue weighted by Gasteiger charge is -2.38. The zero-order valence-corrected chi connectivity index (χ0v) is 19.1. The molecule has 2 aliphatic rings. The summed E-state index contributed by atoms with van der Waals surface area (Å²) in [5.74, 6) is 0.510. The van der Waals surface area contributed by atoms with E-state index in [2.05, 4.69) is 40.4 Å². The Morgan fingerprint density at radius 1 is 1.21 bits per heavy atom.